The second-order valence-electron chi connectivity index (χ2n) is 8.87. The van der Waals surface area contributed by atoms with Crippen molar-refractivity contribution >= 4 is 0 Å². The van der Waals surface area contributed by atoms with E-state index in [1.165, 1.54) is 68.6 Å². The molecule has 0 aliphatic heterocycles. The van der Waals surface area contributed by atoms with E-state index in [2.05, 4.69) is 37.0 Å². The Bertz CT molecular complexity index is 918. The van der Waals surface area contributed by atoms with Gasteiger partial charge in [-0.05, 0) is 91.3 Å². The number of hydrogen-bond donors (Lipinski definition) is 0. The minimum absolute atomic E-state index is 0.503. The molecule has 0 N–H and O–H groups in total. The summed E-state index contributed by atoms with van der Waals surface area (Å²) in [5.41, 5.74) is 4.43. The molecule has 0 amide bonds. The number of aryl methyl sites for hydroxylation is 1. The zero-order valence-corrected chi connectivity index (χ0v) is 17.3. The molecule has 3 atom stereocenters. The summed E-state index contributed by atoms with van der Waals surface area (Å²) in [5, 5.41) is 0. The summed E-state index contributed by atoms with van der Waals surface area (Å²) in [6.07, 6.45) is 12.1. The Labute approximate surface area is 173 Å². The fraction of sp³-hybridized carbons (Fsp3) is 0.481. The Hall–Kier alpha value is -2.14. The monoisotopic (exact) mass is 392 g/mol. The SMILES string of the molecule is CCCCCC1CCC2c3ccc(C#Cc4ccc(F)c(F)c4)cc3CCC2C1. The fourth-order valence-electron chi connectivity index (χ4n) is 5.36. The first kappa shape index (κ1) is 20.1. The minimum Gasteiger partial charge on any atom is -0.204 e. The first-order valence-corrected chi connectivity index (χ1v) is 11.2. The Morgan fingerprint density at radius 2 is 1.69 bits per heavy atom. The second kappa shape index (κ2) is 9.12. The van der Waals surface area contributed by atoms with Crippen molar-refractivity contribution in [2.24, 2.45) is 11.8 Å². The molecule has 4 rings (SSSR count). The van der Waals surface area contributed by atoms with Crippen LogP contribution in [0.3, 0.4) is 0 Å². The van der Waals surface area contributed by atoms with E-state index in [9.17, 15) is 8.78 Å². The van der Waals surface area contributed by atoms with Crippen molar-refractivity contribution in [2.45, 2.75) is 70.6 Å². The van der Waals surface area contributed by atoms with Crippen LogP contribution in [0.4, 0.5) is 8.78 Å². The maximum absolute atomic E-state index is 13.4. The molecule has 0 spiro atoms. The van der Waals surface area contributed by atoms with Gasteiger partial charge in [0.1, 0.15) is 0 Å². The van der Waals surface area contributed by atoms with E-state index >= 15 is 0 Å². The van der Waals surface area contributed by atoms with Crippen molar-refractivity contribution in [3.63, 3.8) is 0 Å². The topological polar surface area (TPSA) is 0 Å². The number of rotatable bonds is 4. The van der Waals surface area contributed by atoms with E-state index in [0.717, 1.165) is 41.9 Å². The Kier molecular flexibility index (Phi) is 6.34. The van der Waals surface area contributed by atoms with Gasteiger partial charge in [-0.15, -0.1) is 0 Å². The molecule has 0 aromatic heterocycles. The summed E-state index contributed by atoms with van der Waals surface area (Å²) >= 11 is 0. The molecule has 0 radical (unpaired) electrons. The van der Waals surface area contributed by atoms with Gasteiger partial charge in [-0.3, -0.25) is 0 Å². The first-order valence-electron chi connectivity index (χ1n) is 11.2. The lowest BCUT2D eigenvalue weighted by Crippen LogP contribution is -2.28. The molecular formula is C27H30F2. The second-order valence-corrected chi connectivity index (χ2v) is 8.87. The van der Waals surface area contributed by atoms with Crippen LogP contribution in [-0.4, -0.2) is 0 Å². The van der Waals surface area contributed by atoms with Gasteiger partial charge in [0.15, 0.2) is 11.6 Å². The van der Waals surface area contributed by atoms with Crippen LogP contribution in [0.5, 0.6) is 0 Å². The predicted octanol–water partition coefficient (Wildman–Crippen LogP) is 7.39. The standard InChI is InChI=1S/C27H30F2/c1-2-3-4-5-19-8-13-24-22(16-19)11-12-23-17-20(9-14-25(23)24)6-7-21-10-15-26(28)27(29)18-21/h9-10,14-15,17-19,22,24H,2-5,8,11-13,16H2,1H3. The van der Waals surface area contributed by atoms with Crippen molar-refractivity contribution in [3.05, 3.63) is 70.3 Å². The van der Waals surface area contributed by atoms with E-state index in [1.807, 2.05) is 0 Å². The molecule has 0 nitrogen and oxygen atoms in total. The van der Waals surface area contributed by atoms with Crippen LogP contribution in [0.25, 0.3) is 0 Å². The summed E-state index contributed by atoms with van der Waals surface area (Å²) in [6, 6.07) is 10.4. The van der Waals surface area contributed by atoms with E-state index in [0.29, 0.717) is 5.56 Å². The lowest BCUT2D eigenvalue weighted by atomic mass is 9.64. The number of fused-ring (bicyclic) bond motifs is 3. The van der Waals surface area contributed by atoms with Crippen LogP contribution >= 0.6 is 0 Å². The van der Waals surface area contributed by atoms with Crippen molar-refractivity contribution in [3.8, 4) is 11.8 Å². The average Bonchev–Trinajstić information content (AvgIpc) is 2.74. The maximum atomic E-state index is 13.4. The molecule has 0 bridgehead atoms. The van der Waals surface area contributed by atoms with Gasteiger partial charge in [0.05, 0.1) is 0 Å². The lowest BCUT2D eigenvalue weighted by molar-refractivity contribution is 0.199. The quantitative estimate of drug-likeness (QED) is 0.376. The molecule has 2 aliphatic carbocycles. The van der Waals surface area contributed by atoms with Crippen LogP contribution in [0.2, 0.25) is 0 Å². The third-order valence-electron chi connectivity index (χ3n) is 6.90. The van der Waals surface area contributed by atoms with Gasteiger partial charge >= 0.3 is 0 Å². The molecule has 0 heterocycles. The molecule has 29 heavy (non-hydrogen) atoms. The predicted molar refractivity (Wildman–Crippen MR) is 115 cm³/mol. The first-order chi connectivity index (χ1) is 14.1. The summed E-state index contributed by atoms with van der Waals surface area (Å²) in [5.74, 6) is 6.91. The lowest BCUT2D eigenvalue weighted by Gasteiger charge is -2.40. The third-order valence-corrected chi connectivity index (χ3v) is 6.90. The van der Waals surface area contributed by atoms with E-state index in [4.69, 9.17) is 0 Å². The molecule has 3 unspecified atom stereocenters. The van der Waals surface area contributed by atoms with E-state index in [1.54, 1.807) is 0 Å². The summed E-state index contributed by atoms with van der Waals surface area (Å²) < 4.78 is 26.4. The van der Waals surface area contributed by atoms with Gasteiger partial charge < -0.3 is 0 Å². The van der Waals surface area contributed by atoms with Crippen LogP contribution in [0, 0.1) is 35.3 Å². The number of hydrogen-bond acceptors (Lipinski definition) is 0. The van der Waals surface area contributed by atoms with Gasteiger partial charge in [-0.25, -0.2) is 8.78 Å². The highest BCUT2D eigenvalue weighted by Crippen LogP contribution is 2.48. The van der Waals surface area contributed by atoms with Crippen molar-refractivity contribution < 1.29 is 8.78 Å². The number of unbranched alkanes of at least 4 members (excludes halogenated alkanes) is 2. The highest BCUT2D eigenvalue weighted by Gasteiger charge is 2.34. The van der Waals surface area contributed by atoms with Gasteiger partial charge in [0.25, 0.3) is 0 Å². The molecule has 2 aromatic carbocycles. The largest absolute Gasteiger partial charge is 0.204 e. The number of benzene rings is 2. The molecular weight excluding hydrogens is 362 g/mol. The summed E-state index contributed by atoms with van der Waals surface area (Å²) in [6.45, 7) is 2.28. The van der Waals surface area contributed by atoms with Crippen LogP contribution in [0.1, 0.15) is 86.5 Å². The van der Waals surface area contributed by atoms with E-state index in [-0.39, 0.29) is 0 Å². The third kappa shape index (κ3) is 4.72. The normalized spacial score (nSPS) is 22.9. The maximum Gasteiger partial charge on any atom is 0.160 e. The van der Waals surface area contributed by atoms with Gasteiger partial charge in [0, 0.05) is 11.1 Å². The summed E-state index contributed by atoms with van der Waals surface area (Å²) in [7, 11) is 0. The average molecular weight is 393 g/mol. The van der Waals surface area contributed by atoms with Gasteiger partial charge in [-0.1, -0.05) is 50.5 Å². The smallest absolute Gasteiger partial charge is 0.160 e. The van der Waals surface area contributed by atoms with Crippen molar-refractivity contribution in [2.75, 3.05) is 0 Å². The molecule has 2 aliphatic rings. The van der Waals surface area contributed by atoms with Gasteiger partial charge in [0.2, 0.25) is 0 Å². The van der Waals surface area contributed by atoms with Crippen LogP contribution in [-0.2, 0) is 6.42 Å². The molecule has 0 saturated heterocycles. The van der Waals surface area contributed by atoms with Crippen LogP contribution in [0.15, 0.2) is 36.4 Å². The Morgan fingerprint density at radius 1 is 0.897 bits per heavy atom. The highest BCUT2D eigenvalue weighted by atomic mass is 19.2. The minimum atomic E-state index is -0.849. The Morgan fingerprint density at radius 3 is 2.48 bits per heavy atom. The molecule has 2 aromatic rings. The molecule has 1 fully saturated rings. The molecule has 2 heteroatoms. The Balaban J connectivity index is 1.45. The van der Waals surface area contributed by atoms with Gasteiger partial charge in [-0.2, -0.15) is 0 Å². The van der Waals surface area contributed by atoms with E-state index < -0.39 is 11.6 Å². The summed E-state index contributed by atoms with van der Waals surface area (Å²) in [4.78, 5) is 0. The van der Waals surface area contributed by atoms with Crippen molar-refractivity contribution in [1.29, 1.82) is 0 Å². The molecule has 1 saturated carbocycles. The zero-order valence-electron chi connectivity index (χ0n) is 17.3. The number of halogens is 2. The van der Waals surface area contributed by atoms with Crippen LogP contribution < -0.4 is 0 Å². The zero-order chi connectivity index (χ0) is 20.2. The molecule has 152 valence electrons. The fourth-order valence-corrected chi connectivity index (χ4v) is 5.36. The van der Waals surface area contributed by atoms with Crippen molar-refractivity contribution in [1.82, 2.24) is 0 Å². The highest BCUT2D eigenvalue weighted by molar-refractivity contribution is 5.47.